The highest BCUT2D eigenvalue weighted by Crippen LogP contribution is 2.21. The van der Waals surface area contributed by atoms with E-state index in [0.29, 0.717) is 5.69 Å². The van der Waals surface area contributed by atoms with Crippen molar-refractivity contribution in [3.63, 3.8) is 0 Å². The maximum atomic E-state index is 12.4. The lowest BCUT2D eigenvalue weighted by atomic mass is 10.1. The smallest absolute Gasteiger partial charge is 0.261 e. The van der Waals surface area contributed by atoms with Gasteiger partial charge >= 0.3 is 0 Å². The molecule has 3 rings (SSSR count). The van der Waals surface area contributed by atoms with Gasteiger partial charge < -0.3 is 0 Å². The Balaban J connectivity index is 1.79. The summed E-state index contributed by atoms with van der Waals surface area (Å²) in [6, 6.07) is 15.9. The number of rotatable bonds is 5. The molecule has 6 heteroatoms. The topological polar surface area (TPSA) is 74.8 Å². The van der Waals surface area contributed by atoms with Crippen molar-refractivity contribution in [3.8, 4) is 11.3 Å². The molecule has 23 heavy (non-hydrogen) atoms. The van der Waals surface area contributed by atoms with E-state index in [-0.39, 0.29) is 4.90 Å². The molecule has 0 saturated heterocycles. The van der Waals surface area contributed by atoms with Crippen LogP contribution < -0.4 is 4.72 Å². The van der Waals surface area contributed by atoms with Gasteiger partial charge in [-0.15, -0.1) is 0 Å². The molecule has 5 nitrogen and oxygen atoms in total. The fraction of sp³-hybridized carbons (Fsp3) is 0.118. The van der Waals surface area contributed by atoms with Crippen molar-refractivity contribution >= 4 is 15.7 Å². The number of hydrogen-bond donors (Lipinski definition) is 2. The molecule has 0 aliphatic carbocycles. The van der Waals surface area contributed by atoms with Crippen molar-refractivity contribution in [3.05, 3.63) is 66.4 Å². The lowest BCUT2D eigenvalue weighted by Gasteiger charge is -2.09. The fourth-order valence-corrected chi connectivity index (χ4v) is 3.31. The van der Waals surface area contributed by atoms with E-state index in [2.05, 4.69) is 14.9 Å². The second-order valence-electron chi connectivity index (χ2n) is 5.15. The zero-order valence-corrected chi connectivity index (χ0v) is 13.5. The summed E-state index contributed by atoms with van der Waals surface area (Å²) in [5, 5.41) is 6.77. The number of anilines is 1. The normalized spacial score (nSPS) is 11.3. The molecule has 0 aliphatic rings. The number of benzene rings is 2. The van der Waals surface area contributed by atoms with Crippen LogP contribution in [0.4, 0.5) is 5.69 Å². The van der Waals surface area contributed by atoms with Crippen LogP contribution in [0.2, 0.25) is 0 Å². The number of sulfonamides is 1. The van der Waals surface area contributed by atoms with Gasteiger partial charge in [0.2, 0.25) is 0 Å². The van der Waals surface area contributed by atoms with Crippen LogP contribution in [0, 0.1) is 0 Å². The number of hydrogen-bond acceptors (Lipinski definition) is 3. The Morgan fingerprint density at radius 3 is 2.26 bits per heavy atom. The summed E-state index contributed by atoms with van der Waals surface area (Å²) in [7, 11) is -3.58. The van der Waals surface area contributed by atoms with Crippen LogP contribution in [0.3, 0.4) is 0 Å². The van der Waals surface area contributed by atoms with E-state index < -0.39 is 10.0 Å². The van der Waals surface area contributed by atoms with Gasteiger partial charge in [-0.2, -0.15) is 5.10 Å². The van der Waals surface area contributed by atoms with Crippen molar-refractivity contribution in [2.75, 3.05) is 4.72 Å². The maximum absolute atomic E-state index is 12.4. The second kappa shape index (κ2) is 6.26. The molecule has 0 saturated carbocycles. The molecule has 2 aromatic carbocycles. The van der Waals surface area contributed by atoms with Gasteiger partial charge in [-0.1, -0.05) is 31.2 Å². The molecule has 0 atom stereocenters. The van der Waals surface area contributed by atoms with Gasteiger partial charge in [0.1, 0.15) is 0 Å². The Morgan fingerprint density at radius 2 is 1.70 bits per heavy atom. The summed E-state index contributed by atoms with van der Waals surface area (Å²) < 4.78 is 27.4. The Hall–Kier alpha value is -2.60. The third-order valence-corrected chi connectivity index (χ3v) is 4.99. The van der Waals surface area contributed by atoms with Gasteiger partial charge in [-0.05, 0) is 47.9 Å². The minimum atomic E-state index is -3.58. The van der Waals surface area contributed by atoms with Gasteiger partial charge in [0, 0.05) is 11.9 Å². The van der Waals surface area contributed by atoms with E-state index in [1.54, 1.807) is 30.5 Å². The predicted molar refractivity (Wildman–Crippen MR) is 90.7 cm³/mol. The van der Waals surface area contributed by atoms with Crippen LogP contribution in [0.5, 0.6) is 0 Å². The summed E-state index contributed by atoms with van der Waals surface area (Å²) in [5.41, 5.74) is 3.45. The molecule has 2 N–H and O–H groups in total. The van der Waals surface area contributed by atoms with Crippen LogP contribution in [0.25, 0.3) is 11.3 Å². The lowest BCUT2D eigenvalue weighted by molar-refractivity contribution is 0.601. The summed E-state index contributed by atoms with van der Waals surface area (Å²) in [6.45, 7) is 2.03. The third-order valence-electron chi connectivity index (χ3n) is 3.59. The maximum Gasteiger partial charge on any atom is 0.261 e. The average molecular weight is 327 g/mol. The van der Waals surface area contributed by atoms with Gasteiger partial charge in [-0.3, -0.25) is 9.82 Å². The third kappa shape index (κ3) is 3.43. The van der Waals surface area contributed by atoms with Gasteiger partial charge in [0.05, 0.1) is 10.6 Å². The SMILES string of the molecule is CCc1ccc(S(=O)(=O)Nc2ccc(-c3ccn[nH]3)cc2)cc1. The lowest BCUT2D eigenvalue weighted by Crippen LogP contribution is -2.12. The number of aromatic nitrogens is 2. The first kappa shape index (κ1) is 15.3. The van der Waals surface area contributed by atoms with Crippen molar-refractivity contribution in [1.82, 2.24) is 10.2 Å². The minimum Gasteiger partial charge on any atom is -0.280 e. The van der Waals surface area contributed by atoms with Crippen molar-refractivity contribution in [2.45, 2.75) is 18.2 Å². The number of nitrogens with one attached hydrogen (secondary N) is 2. The highest BCUT2D eigenvalue weighted by molar-refractivity contribution is 7.92. The van der Waals surface area contributed by atoms with E-state index in [1.807, 2.05) is 37.3 Å². The Kier molecular flexibility index (Phi) is 4.16. The molecule has 0 fully saturated rings. The molecule has 0 bridgehead atoms. The van der Waals surface area contributed by atoms with Crippen molar-refractivity contribution < 1.29 is 8.42 Å². The van der Waals surface area contributed by atoms with Crippen LogP contribution >= 0.6 is 0 Å². The van der Waals surface area contributed by atoms with E-state index in [9.17, 15) is 8.42 Å². The van der Waals surface area contributed by atoms with E-state index in [1.165, 1.54) is 0 Å². The highest BCUT2D eigenvalue weighted by atomic mass is 32.2. The predicted octanol–water partition coefficient (Wildman–Crippen LogP) is 3.44. The first-order valence-electron chi connectivity index (χ1n) is 7.30. The first-order chi connectivity index (χ1) is 11.1. The van der Waals surface area contributed by atoms with Crippen LogP contribution in [-0.4, -0.2) is 18.6 Å². The second-order valence-corrected chi connectivity index (χ2v) is 6.83. The average Bonchev–Trinajstić information content (AvgIpc) is 3.10. The minimum absolute atomic E-state index is 0.257. The van der Waals surface area contributed by atoms with Gasteiger partial charge in [-0.25, -0.2) is 8.42 Å². The van der Waals surface area contributed by atoms with E-state index in [4.69, 9.17) is 0 Å². The first-order valence-corrected chi connectivity index (χ1v) is 8.78. The molecule has 0 unspecified atom stereocenters. The molecule has 0 amide bonds. The monoisotopic (exact) mass is 327 g/mol. The van der Waals surface area contributed by atoms with Crippen molar-refractivity contribution in [2.24, 2.45) is 0 Å². The zero-order chi connectivity index (χ0) is 16.3. The molecule has 1 heterocycles. The Labute approximate surface area is 135 Å². The molecule has 0 spiro atoms. The summed E-state index contributed by atoms with van der Waals surface area (Å²) >= 11 is 0. The summed E-state index contributed by atoms with van der Waals surface area (Å²) in [6.07, 6.45) is 2.55. The van der Waals surface area contributed by atoms with Crippen LogP contribution in [0.15, 0.2) is 65.7 Å². The van der Waals surface area contributed by atoms with Crippen molar-refractivity contribution in [1.29, 1.82) is 0 Å². The molecule has 3 aromatic rings. The molecular weight excluding hydrogens is 310 g/mol. The molecule has 1 aromatic heterocycles. The number of aryl methyl sites for hydroxylation is 1. The zero-order valence-electron chi connectivity index (χ0n) is 12.7. The van der Waals surface area contributed by atoms with E-state index >= 15 is 0 Å². The van der Waals surface area contributed by atoms with Crippen LogP contribution in [0.1, 0.15) is 12.5 Å². The van der Waals surface area contributed by atoms with Crippen LogP contribution in [-0.2, 0) is 16.4 Å². The molecular formula is C17H17N3O2S. The quantitative estimate of drug-likeness (QED) is 0.754. The Morgan fingerprint density at radius 1 is 1.00 bits per heavy atom. The fourth-order valence-electron chi connectivity index (χ4n) is 2.25. The Bertz CT molecular complexity index is 869. The largest absolute Gasteiger partial charge is 0.280 e. The number of H-pyrrole nitrogens is 1. The van der Waals surface area contributed by atoms with Gasteiger partial charge in [0.15, 0.2) is 0 Å². The number of aromatic amines is 1. The number of nitrogens with zero attached hydrogens (tertiary/aromatic N) is 1. The molecule has 118 valence electrons. The summed E-state index contributed by atoms with van der Waals surface area (Å²) in [4.78, 5) is 0.257. The van der Waals surface area contributed by atoms with E-state index in [0.717, 1.165) is 23.2 Å². The molecule has 0 aliphatic heterocycles. The highest BCUT2D eigenvalue weighted by Gasteiger charge is 2.14. The van der Waals surface area contributed by atoms with Gasteiger partial charge in [0.25, 0.3) is 10.0 Å². The molecule has 0 radical (unpaired) electrons. The summed E-state index contributed by atoms with van der Waals surface area (Å²) in [5.74, 6) is 0. The standard InChI is InChI=1S/C17H17N3O2S/c1-2-13-3-9-16(10-4-13)23(21,22)20-15-7-5-14(6-8-15)17-11-12-18-19-17/h3-12,20H,2H2,1H3,(H,18,19).